The van der Waals surface area contributed by atoms with Crippen LogP contribution >= 0.6 is 0 Å². The fraction of sp³-hybridized carbons (Fsp3) is 0.526. The minimum absolute atomic E-state index is 0.0502. The van der Waals surface area contributed by atoms with Crippen LogP contribution in [0.4, 0.5) is 0 Å². The largest absolute Gasteiger partial charge is 0.463 e. The van der Waals surface area contributed by atoms with Gasteiger partial charge in [-0.15, -0.1) is 0 Å². The zero-order chi connectivity index (χ0) is 16.6. The molecule has 1 fully saturated rings. The Morgan fingerprint density at radius 1 is 1.04 bits per heavy atom. The number of hydrogen-bond donors (Lipinski definition) is 1. The first-order valence-corrected chi connectivity index (χ1v) is 8.97. The number of hydrogen-bond acceptors (Lipinski definition) is 3. The van der Waals surface area contributed by atoms with Gasteiger partial charge in [-0.25, -0.2) is 0 Å². The van der Waals surface area contributed by atoms with E-state index in [2.05, 4.69) is 10.2 Å². The van der Waals surface area contributed by atoms with Crippen molar-refractivity contribution >= 4 is 5.91 Å². The summed E-state index contributed by atoms with van der Waals surface area (Å²) in [6.45, 7) is 4.36. The van der Waals surface area contributed by atoms with Gasteiger partial charge in [0.15, 0.2) is 0 Å². The Kier molecular flexibility index (Phi) is 6.13. The monoisotopic (exact) mass is 329 g/mol. The van der Waals surface area contributed by atoms with E-state index in [4.69, 9.17) is 4.42 Å². The van der Waals surface area contributed by atoms with E-state index in [1.165, 1.54) is 25.7 Å². The molecule has 3 heterocycles. The van der Waals surface area contributed by atoms with Crippen LogP contribution in [0, 0.1) is 0 Å². The van der Waals surface area contributed by atoms with Crippen molar-refractivity contribution in [2.45, 2.75) is 51.7 Å². The summed E-state index contributed by atoms with van der Waals surface area (Å²) in [7, 11) is 0. The summed E-state index contributed by atoms with van der Waals surface area (Å²) in [4.78, 5) is 14.4. The van der Waals surface area contributed by atoms with Crippen LogP contribution in [0.15, 0.2) is 41.1 Å². The Morgan fingerprint density at radius 3 is 2.50 bits per heavy atom. The molecule has 0 spiro atoms. The second-order valence-corrected chi connectivity index (χ2v) is 6.51. The number of nitrogens with one attached hydrogen (secondary N) is 1. The maximum absolute atomic E-state index is 11.9. The van der Waals surface area contributed by atoms with Crippen LogP contribution in [0.25, 0.3) is 0 Å². The number of aromatic nitrogens is 1. The highest BCUT2D eigenvalue weighted by molar-refractivity contribution is 5.75. The summed E-state index contributed by atoms with van der Waals surface area (Å²) < 4.78 is 7.87. The van der Waals surface area contributed by atoms with Gasteiger partial charge in [-0.3, -0.25) is 9.69 Å². The van der Waals surface area contributed by atoms with Crippen molar-refractivity contribution in [2.75, 3.05) is 13.1 Å². The Labute approximate surface area is 143 Å². The number of likely N-dealkylation sites (tertiary alicyclic amines) is 1. The third-order valence-electron chi connectivity index (χ3n) is 4.52. The van der Waals surface area contributed by atoms with Crippen LogP contribution in [0.2, 0.25) is 0 Å². The third-order valence-corrected chi connectivity index (χ3v) is 4.52. The minimum atomic E-state index is 0.0502. The standard InChI is InChI=1S/C19H27N3O2/c23-19(9-14-21-10-5-6-11-21)20-15-17-7-8-18(24-17)16-22-12-3-1-2-4-13-22/h5-8,10-11H,1-4,9,12-16H2,(H,20,23). The molecule has 0 atom stereocenters. The Bertz CT molecular complexity index is 610. The summed E-state index contributed by atoms with van der Waals surface area (Å²) in [6.07, 6.45) is 9.67. The van der Waals surface area contributed by atoms with Gasteiger partial charge in [0.05, 0.1) is 13.1 Å². The van der Waals surface area contributed by atoms with Crippen LogP contribution in [0.5, 0.6) is 0 Å². The second kappa shape index (κ2) is 8.73. The van der Waals surface area contributed by atoms with Crippen LogP contribution in [-0.4, -0.2) is 28.5 Å². The molecule has 3 rings (SSSR count). The molecular weight excluding hydrogens is 302 g/mol. The predicted molar refractivity (Wildman–Crippen MR) is 93.3 cm³/mol. The topological polar surface area (TPSA) is 50.4 Å². The number of amides is 1. The molecule has 0 aliphatic carbocycles. The van der Waals surface area contributed by atoms with Crippen molar-refractivity contribution in [3.05, 3.63) is 48.2 Å². The molecule has 0 aromatic carbocycles. The van der Waals surface area contributed by atoms with E-state index in [9.17, 15) is 4.79 Å². The molecule has 5 nitrogen and oxygen atoms in total. The fourth-order valence-electron chi connectivity index (χ4n) is 3.14. The van der Waals surface area contributed by atoms with Gasteiger partial charge >= 0.3 is 0 Å². The number of nitrogens with zero attached hydrogens (tertiary/aromatic N) is 2. The number of aryl methyl sites for hydroxylation is 1. The lowest BCUT2D eigenvalue weighted by Crippen LogP contribution is -2.24. The molecule has 0 saturated carbocycles. The Balaban J connectivity index is 1.39. The summed E-state index contributed by atoms with van der Waals surface area (Å²) in [6, 6.07) is 7.94. The lowest BCUT2D eigenvalue weighted by molar-refractivity contribution is -0.121. The molecule has 2 aromatic heterocycles. The molecule has 0 radical (unpaired) electrons. The molecule has 1 saturated heterocycles. The number of rotatable bonds is 7. The van der Waals surface area contributed by atoms with Crippen molar-refractivity contribution in [1.82, 2.24) is 14.8 Å². The maximum atomic E-state index is 11.9. The third kappa shape index (κ3) is 5.27. The Hall–Kier alpha value is -2.01. The molecule has 24 heavy (non-hydrogen) atoms. The average molecular weight is 329 g/mol. The normalized spacial score (nSPS) is 16.0. The van der Waals surface area contributed by atoms with Crippen molar-refractivity contribution in [3.63, 3.8) is 0 Å². The van der Waals surface area contributed by atoms with Crippen molar-refractivity contribution in [2.24, 2.45) is 0 Å². The second-order valence-electron chi connectivity index (χ2n) is 6.51. The highest BCUT2D eigenvalue weighted by atomic mass is 16.3. The van der Waals surface area contributed by atoms with Crippen molar-refractivity contribution in [1.29, 1.82) is 0 Å². The summed E-state index contributed by atoms with van der Waals surface area (Å²) in [5.74, 6) is 1.87. The lowest BCUT2D eigenvalue weighted by atomic mass is 10.2. The summed E-state index contributed by atoms with van der Waals surface area (Å²) in [5.41, 5.74) is 0. The average Bonchev–Trinajstić information content (AvgIpc) is 3.19. The van der Waals surface area contributed by atoms with Gasteiger partial charge in [0.25, 0.3) is 0 Å². The molecule has 5 heteroatoms. The molecule has 2 aromatic rings. The summed E-state index contributed by atoms with van der Waals surface area (Å²) >= 11 is 0. The van der Waals surface area contributed by atoms with E-state index >= 15 is 0 Å². The molecule has 0 unspecified atom stereocenters. The van der Waals surface area contributed by atoms with Crippen LogP contribution in [0.3, 0.4) is 0 Å². The van der Waals surface area contributed by atoms with Crippen LogP contribution in [0.1, 0.15) is 43.6 Å². The first-order valence-electron chi connectivity index (χ1n) is 8.97. The number of carbonyl (C=O) groups is 1. The Morgan fingerprint density at radius 2 is 1.75 bits per heavy atom. The van der Waals surface area contributed by atoms with Gasteiger partial charge in [0.1, 0.15) is 11.5 Å². The first-order chi connectivity index (χ1) is 11.8. The highest BCUT2D eigenvalue weighted by Gasteiger charge is 2.12. The quantitative estimate of drug-likeness (QED) is 0.849. The molecule has 0 bridgehead atoms. The first kappa shape index (κ1) is 16.8. The molecule has 1 N–H and O–H groups in total. The smallest absolute Gasteiger partial charge is 0.222 e. The van der Waals surface area contributed by atoms with Crippen LogP contribution in [-0.2, 0) is 24.4 Å². The van der Waals surface area contributed by atoms with E-state index in [1.807, 2.05) is 41.2 Å². The highest BCUT2D eigenvalue weighted by Crippen LogP contribution is 2.15. The number of furan rings is 1. The fourth-order valence-corrected chi connectivity index (χ4v) is 3.14. The molecule has 130 valence electrons. The maximum Gasteiger partial charge on any atom is 0.222 e. The van der Waals surface area contributed by atoms with Gasteiger partial charge in [-0.1, -0.05) is 12.8 Å². The van der Waals surface area contributed by atoms with Gasteiger partial charge in [0, 0.05) is 25.4 Å². The molecule has 1 aliphatic heterocycles. The van der Waals surface area contributed by atoms with E-state index in [0.717, 1.165) is 31.2 Å². The summed E-state index contributed by atoms with van der Waals surface area (Å²) in [5, 5.41) is 2.93. The van der Waals surface area contributed by atoms with Crippen molar-refractivity contribution in [3.8, 4) is 0 Å². The van der Waals surface area contributed by atoms with Crippen molar-refractivity contribution < 1.29 is 9.21 Å². The minimum Gasteiger partial charge on any atom is -0.463 e. The van der Waals surface area contributed by atoms with Crippen LogP contribution < -0.4 is 5.32 Å². The zero-order valence-corrected chi connectivity index (χ0v) is 14.2. The lowest BCUT2D eigenvalue weighted by Gasteiger charge is -2.17. The van der Waals surface area contributed by atoms with Gasteiger partial charge in [-0.05, 0) is 50.2 Å². The molecular formula is C19H27N3O2. The van der Waals surface area contributed by atoms with Gasteiger partial charge in [-0.2, -0.15) is 0 Å². The van der Waals surface area contributed by atoms with Gasteiger partial charge < -0.3 is 14.3 Å². The zero-order valence-electron chi connectivity index (χ0n) is 14.2. The van der Waals surface area contributed by atoms with Gasteiger partial charge in [0.2, 0.25) is 5.91 Å². The number of carbonyl (C=O) groups excluding carboxylic acids is 1. The predicted octanol–water partition coefficient (Wildman–Crippen LogP) is 3.16. The van der Waals surface area contributed by atoms with E-state index in [0.29, 0.717) is 19.5 Å². The van der Waals surface area contributed by atoms with E-state index < -0.39 is 0 Å². The molecule has 1 amide bonds. The SMILES string of the molecule is O=C(CCn1cccc1)NCc1ccc(CN2CCCCCC2)o1. The van der Waals surface area contributed by atoms with E-state index in [1.54, 1.807) is 0 Å². The molecule has 1 aliphatic rings. The van der Waals surface area contributed by atoms with E-state index in [-0.39, 0.29) is 5.91 Å².